The van der Waals surface area contributed by atoms with Gasteiger partial charge in [0.25, 0.3) is 0 Å². The first kappa shape index (κ1) is 18.0. The standard InChI is InChI=1S/C14H21N3O4S/c1-12(18)15-9-8-14(19)16-10-11-22(20,21)17(2)13-6-4-3-5-7-13/h3-7H,8-11H2,1-2H3,(H,15,18)(H,16,19). The third-order valence-electron chi connectivity index (χ3n) is 2.95. The van der Waals surface area contributed by atoms with E-state index in [9.17, 15) is 18.0 Å². The van der Waals surface area contributed by atoms with Crippen molar-refractivity contribution in [3.8, 4) is 0 Å². The highest BCUT2D eigenvalue weighted by Crippen LogP contribution is 2.14. The van der Waals surface area contributed by atoms with Crippen LogP contribution in [0.3, 0.4) is 0 Å². The van der Waals surface area contributed by atoms with Crippen LogP contribution in [0.25, 0.3) is 0 Å². The second kappa shape index (κ2) is 8.38. The molecule has 122 valence electrons. The lowest BCUT2D eigenvalue weighted by Gasteiger charge is -2.19. The number of amides is 2. The van der Waals surface area contributed by atoms with Crippen LogP contribution in [-0.2, 0) is 19.6 Å². The van der Waals surface area contributed by atoms with Gasteiger partial charge in [-0.05, 0) is 12.1 Å². The molecular weight excluding hydrogens is 306 g/mol. The van der Waals surface area contributed by atoms with Gasteiger partial charge in [0.2, 0.25) is 21.8 Å². The maximum atomic E-state index is 12.1. The van der Waals surface area contributed by atoms with Crippen LogP contribution in [0.5, 0.6) is 0 Å². The predicted octanol–water partition coefficient (Wildman–Crippen LogP) is 0.0950. The molecule has 0 bridgehead atoms. The quantitative estimate of drug-likeness (QED) is 0.707. The molecule has 0 atom stereocenters. The van der Waals surface area contributed by atoms with Crippen LogP contribution in [0.2, 0.25) is 0 Å². The third-order valence-corrected chi connectivity index (χ3v) is 4.71. The normalized spacial score (nSPS) is 10.8. The number of carbonyl (C=O) groups is 2. The van der Waals surface area contributed by atoms with Gasteiger partial charge in [0.1, 0.15) is 0 Å². The first-order chi connectivity index (χ1) is 10.3. The van der Waals surface area contributed by atoms with E-state index in [-0.39, 0.29) is 37.1 Å². The fourth-order valence-electron chi connectivity index (χ4n) is 1.70. The Kier molecular flexibility index (Phi) is 6.84. The van der Waals surface area contributed by atoms with Crippen molar-refractivity contribution in [1.29, 1.82) is 0 Å². The Hall–Kier alpha value is -2.09. The van der Waals surface area contributed by atoms with Crippen molar-refractivity contribution in [2.75, 3.05) is 30.2 Å². The molecule has 22 heavy (non-hydrogen) atoms. The Morgan fingerprint density at radius 1 is 1.09 bits per heavy atom. The molecule has 0 heterocycles. The van der Waals surface area contributed by atoms with E-state index in [0.29, 0.717) is 5.69 Å². The van der Waals surface area contributed by atoms with Crippen molar-refractivity contribution in [3.05, 3.63) is 30.3 Å². The summed E-state index contributed by atoms with van der Waals surface area (Å²) in [6.45, 7) is 1.63. The summed E-state index contributed by atoms with van der Waals surface area (Å²) in [7, 11) is -2.02. The molecule has 0 saturated heterocycles. The third kappa shape index (κ3) is 6.13. The Morgan fingerprint density at radius 2 is 1.73 bits per heavy atom. The van der Waals surface area contributed by atoms with E-state index < -0.39 is 10.0 Å². The number of rotatable bonds is 8. The molecule has 0 spiro atoms. The van der Waals surface area contributed by atoms with Crippen molar-refractivity contribution in [3.63, 3.8) is 0 Å². The minimum Gasteiger partial charge on any atom is -0.356 e. The SMILES string of the molecule is CC(=O)NCCC(=O)NCCS(=O)(=O)N(C)c1ccccc1. The molecule has 2 amide bonds. The van der Waals surface area contributed by atoms with Crippen LogP contribution in [0.1, 0.15) is 13.3 Å². The van der Waals surface area contributed by atoms with E-state index in [4.69, 9.17) is 0 Å². The van der Waals surface area contributed by atoms with E-state index in [0.717, 1.165) is 0 Å². The first-order valence-electron chi connectivity index (χ1n) is 6.85. The van der Waals surface area contributed by atoms with E-state index in [1.54, 1.807) is 30.3 Å². The average Bonchev–Trinajstić information content (AvgIpc) is 2.46. The monoisotopic (exact) mass is 327 g/mol. The number of hydrogen-bond donors (Lipinski definition) is 2. The highest BCUT2D eigenvalue weighted by Gasteiger charge is 2.18. The molecule has 0 aliphatic carbocycles. The summed E-state index contributed by atoms with van der Waals surface area (Å²) in [5.74, 6) is -0.698. The minimum absolute atomic E-state index is 0.0262. The summed E-state index contributed by atoms with van der Waals surface area (Å²) in [6.07, 6.45) is 0.119. The van der Waals surface area contributed by atoms with Crippen molar-refractivity contribution in [2.24, 2.45) is 0 Å². The number of para-hydroxylation sites is 1. The van der Waals surface area contributed by atoms with Gasteiger partial charge in [-0.15, -0.1) is 0 Å². The maximum Gasteiger partial charge on any atom is 0.236 e. The van der Waals surface area contributed by atoms with Crippen LogP contribution in [0.15, 0.2) is 30.3 Å². The topological polar surface area (TPSA) is 95.6 Å². The summed E-state index contributed by atoms with van der Waals surface area (Å²) < 4.78 is 25.5. The fourth-order valence-corrected chi connectivity index (χ4v) is 2.77. The van der Waals surface area contributed by atoms with Gasteiger partial charge in [0.15, 0.2) is 0 Å². The maximum absolute atomic E-state index is 12.1. The Balaban J connectivity index is 2.40. The Morgan fingerprint density at radius 3 is 2.32 bits per heavy atom. The molecule has 0 fully saturated rings. The molecule has 2 N–H and O–H groups in total. The highest BCUT2D eigenvalue weighted by atomic mass is 32.2. The smallest absolute Gasteiger partial charge is 0.236 e. The van der Waals surface area contributed by atoms with Crippen molar-refractivity contribution in [2.45, 2.75) is 13.3 Å². The van der Waals surface area contributed by atoms with E-state index in [1.807, 2.05) is 0 Å². The van der Waals surface area contributed by atoms with Crippen molar-refractivity contribution < 1.29 is 18.0 Å². The number of nitrogens with zero attached hydrogens (tertiary/aromatic N) is 1. The summed E-state index contributed by atoms with van der Waals surface area (Å²) in [4.78, 5) is 22.1. The zero-order chi connectivity index (χ0) is 16.6. The van der Waals surface area contributed by atoms with Gasteiger partial charge in [-0.3, -0.25) is 13.9 Å². The zero-order valence-corrected chi connectivity index (χ0v) is 13.5. The number of nitrogens with one attached hydrogen (secondary N) is 2. The van der Waals surface area contributed by atoms with Crippen molar-refractivity contribution in [1.82, 2.24) is 10.6 Å². The molecule has 0 aliphatic rings. The van der Waals surface area contributed by atoms with Crippen LogP contribution in [-0.4, -0.2) is 46.1 Å². The van der Waals surface area contributed by atoms with Gasteiger partial charge in [0.05, 0.1) is 11.4 Å². The van der Waals surface area contributed by atoms with Crippen LogP contribution in [0, 0.1) is 0 Å². The van der Waals surface area contributed by atoms with Crippen LogP contribution >= 0.6 is 0 Å². The summed E-state index contributed by atoms with van der Waals surface area (Å²) in [5.41, 5.74) is 0.569. The average molecular weight is 327 g/mol. The van der Waals surface area contributed by atoms with Crippen molar-refractivity contribution >= 4 is 27.5 Å². The summed E-state index contributed by atoms with van der Waals surface area (Å²) >= 11 is 0. The Labute approximate surface area is 130 Å². The van der Waals surface area contributed by atoms with Gasteiger partial charge in [0, 0.05) is 33.5 Å². The molecule has 0 saturated carbocycles. The zero-order valence-electron chi connectivity index (χ0n) is 12.7. The molecule has 1 aromatic carbocycles. The number of sulfonamides is 1. The molecule has 8 heteroatoms. The second-order valence-corrected chi connectivity index (χ2v) is 6.82. The number of carbonyl (C=O) groups excluding carboxylic acids is 2. The lowest BCUT2D eigenvalue weighted by Crippen LogP contribution is -2.36. The molecule has 1 aromatic rings. The van der Waals surface area contributed by atoms with E-state index in [1.165, 1.54) is 18.3 Å². The van der Waals surface area contributed by atoms with Gasteiger partial charge in [-0.25, -0.2) is 8.42 Å². The van der Waals surface area contributed by atoms with Crippen LogP contribution < -0.4 is 14.9 Å². The molecule has 1 rings (SSSR count). The predicted molar refractivity (Wildman–Crippen MR) is 84.9 cm³/mol. The minimum atomic E-state index is -3.49. The number of benzene rings is 1. The molecule has 0 unspecified atom stereocenters. The van der Waals surface area contributed by atoms with E-state index >= 15 is 0 Å². The van der Waals surface area contributed by atoms with Crippen LogP contribution in [0.4, 0.5) is 5.69 Å². The number of anilines is 1. The summed E-state index contributed by atoms with van der Waals surface area (Å²) in [5, 5.41) is 5.02. The lowest BCUT2D eigenvalue weighted by molar-refractivity contribution is -0.121. The lowest BCUT2D eigenvalue weighted by atomic mass is 10.3. The molecule has 7 nitrogen and oxygen atoms in total. The number of hydrogen-bond acceptors (Lipinski definition) is 4. The van der Waals surface area contributed by atoms with Gasteiger partial charge >= 0.3 is 0 Å². The van der Waals surface area contributed by atoms with E-state index in [2.05, 4.69) is 10.6 Å². The Bertz CT molecular complexity index is 602. The molecule has 0 radical (unpaired) electrons. The second-order valence-electron chi connectivity index (χ2n) is 4.70. The van der Waals surface area contributed by atoms with Gasteiger partial charge < -0.3 is 10.6 Å². The molecule has 0 aliphatic heterocycles. The van der Waals surface area contributed by atoms with Gasteiger partial charge in [-0.1, -0.05) is 18.2 Å². The largest absolute Gasteiger partial charge is 0.356 e. The summed E-state index contributed by atoms with van der Waals surface area (Å²) in [6, 6.07) is 8.71. The fraction of sp³-hybridized carbons (Fsp3) is 0.429. The first-order valence-corrected chi connectivity index (χ1v) is 8.46. The highest BCUT2D eigenvalue weighted by molar-refractivity contribution is 7.92. The molecule has 0 aromatic heterocycles. The molecular formula is C14H21N3O4S. The van der Waals surface area contributed by atoms with Gasteiger partial charge in [-0.2, -0.15) is 0 Å².